The lowest BCUT2D eigenvalue weighted by atomic mass is 10.2. The summed E-state index contributed by atoms with van der Waals surface area (Å²) in [6, 6.07) is 15.7. The summed E-state index contributed by atoms with van der Waals surface area (Å²) in [5.41, 5.74) is 0.814. The Kier molecular flexibility index (Phi) is 5.55. The second-order valence-corrected chi connectivity index (χ2v) is 8.78. The average molecular weight is 436 g/mol. The van der Waals surface area contributed by atoms with Gasteiger partial charge in [-0.15, -0.1) is 0 Å². The predicted molar refractivity (Wildman–Crippen MR) is 102 cm³/mol. The average Bonchev–Trinajstić information content (AvgIpc) is 3.09. The zero-order chi connectivity index (χ0) is 18.7. The lowest BCUT2D eigenvalue weighted by Crippen LogP contribution is -2.36. The van der Waals surface area contributed by atoms with E-state index < -0.39 is 10.0 Å². The molecule has 0 aliphatic heterocycles. The Morgan fingerprint density at radius 2 is 1.73 bits per heavy atom. The number of nitrogens with zero attached hydrogens (tertiary/aromatic N) is 3. The molecule has 136 valence electrons. The van der Waals surface area contributed by atoms with Crippen molar-refractivity contribution in [1.82, 2.24) is 14.4 Å². The molecule has 0 spiro atoms. The number of aromatic nitrogens is 2. The first kappa shape index (κ1) is 18.8. The van der Waals surface area contributed by atoms with Crippen molar-refractivity contribution in [2.24, 2.45) is 0 Å². The molecule has 3 rings (SSSR count). The molecule has 0 amide bonds. The third-order valence-corrected chi connectivity index (χ3v) is 6.35. The molecule has 26 heavy (non-hydrogen) atoms. The Morgan fingerprint density at radius 3 is 2.35 bits per heavy atom. The maximum absolute atomic E-state index is 13.0. The van der Waals surface area contributed by atoms with Gasteiger partial charge >= 0.3 is 0 Å². The highest BCUT2D eigenvalue weighted by Gasteiger charge is 2.29. The van der Waals surface area contributed by atoms with E-state index in [0.29, 0.717) is 5.82 Å². The second-order valence-electron chi connectivity index (χ2n) is 5.98. The van der Waals surface area contributed by atoms with Crippen LogP contribution in [0.5, 0.6) is 0 Å². The van der Waals surface area contributed by atoms with Crippen molar-refractivity contribution >= 4 is 26.0 Å². The van der Waals surface area contributed by atoms with E-state index in [-0.39, 0.29) is 23.4 Å². The molecule has 8 heteroatoms. The van der Waals surface area contributed by atoms with Crippen LogP contribution in [-0.4, -0.2) is 28.9 Å². The molecule has 0 radical (unpaired) electrons. The molecule has 0 atom stereocenters. The number of benzene rings is 2. The van der Waals surface area contributed by atoms with Crippen LogP contribution in [0.2, 0.25) is 0 Å². The number of hydrogen-bond donors (Lipinski definition) is 0. The molecule has 2 aromatic carbocycles. The fourth-order valence-electron chi connectivity index (χ4n) is 2.44. The zero-order valence-corrected chi connectivity index (χ0v) is 16.7. The molecule has 0 aliphatic rings. The van der Waals surface area contributed by atoms with Crippen LogP contribution in [0.25, 0.3) is 11.4 Å². The Balaban J connectivity index is 1.88. The van der Waals surface area contributed by atoms with Gasteiger partial charge in [-0.2, -0.15) is 9.29 Å². The fourth-order valence-corrected chi connectivity index (χ4v) is 4.29. The molecule has 0 unspecified atom stereocenters. The van der Waals surface area contributed by atoms with Crippen LogP contribution in [0.15, 0.2) is 68.5 Å². The summed E-state index contributed by atoms with van der Waals surface area (Å²) in [7, 11) is -3.69. The summed E-state index contributed by atoms with van der Waals surface area (Å²) in [5, 5.41) is 3.95. The first-order valence-corrected chi connectivity index (χ1v) is 10.3. The lowest BCUT2D eigenvalue weighted by molar-refractivity contribution is 0.286. The first-order valence-electron chi connectivity index (χ1n) is 8.03. The summed E-state index contributed by atoms with van der Waals surface area (Å²) in [6.45, 7) is 3.63. The summed E-state index contributed by atoms with van der Waals surface area (Å²) < 4.78 is 33.4. The molecule has 0 fully saturated rings. The SMILES string of the molecule is CC(C)N(Cc1nc(-c2ccccc2)no1)S(=O)(=O)c1ccc(Br)cc1. The van der Waals surface area contributed by atoms with Gasteiger partial charge in [-0.25, -0.2) is 8.42 Å². The van der Waals surface area contributed by atoms with Crippen LogP contribution in [0.3, 0.4) is 0 Å². The largest absolute Gasteiger partial charge is 0.338 e. The van der Waals surface area contributed by atoms with Gasteiger partial charge in [0.2, 0.25) is 21.7 Å². The van der Waals surface area contributed by atoms with Gasteiger partial charge in [0.1, 0.15) is 0 Å². The van der Waals surface area contributed by atoms with Crippen LogP contribution in [0, 0.1) is 0 Å². The van der Waals surface area contributed by atoms with Crippen molar-refractivity contribution in [2.45, 2.75) is 31.3 Å². The monoisotopic (exact) mass is 435 g/mol. The van der Waals surface area contributed by atoms with Crippen LogP contribution >= 0.6 is 15.9 Å². The molecule has 1 heterocycles. The van der Waals surface area contributed by atoms with E-state index in [1.807, 2.05) is 44.2 Å². The molecule has 0 N–H and O–H groups in total. The van der Waals surface area contributed by atoms with Crippen LogP contribution in [0.4, 0.5) is 0 Å². The smallest absolute Gasteiger partial charge is 0.243 e. The van der Waals surface area contributed by atoms with Gasteiger partial charge in [0.25, 0.3) is 0 Å². The minimum atomic E-state index is -3.69. The highest BCUT2D eigenvalue weighted by atomic mass is 79.9. The topological polar surface area (TPSA) is 76.3 Å². The van der Waals surface area contributed by atoms with Crippen molar-refractivity contribution in [1.29, 1.82) is 0 Å². The van der Waals surface area contributed by atoms with Crippen molar-refractivity contribution in [3.8, 4) is 11.4 Å². The molecular formula is C18H18BrN3O3S. The van der Waals surface area contributed by atoms with E-state index in [1.165, 1.54) is 4.31 Å². The quantitative estimate of drug-likeness (QED) is 0.582. The molecule has 3 aromatic rings. The molecule has 0 aliphatic carbocycles. The highest BCUT2D eigenvalue weighted by molar-refractivity contribution is 9.10. The first-order chi connectivity index (χ1) is 12.4. The Hall–Kier alpha value is -2.03. The van der Waals surface area contributed by atoms with Crippen molar-refractivity contribution < 1.29 is 12.9 Å². The van der Waals surface area contributed by atoms with E-state index in [9.17, 15) is 8.42 Å². The highest BCUT2D eigenvalue weighted by Crippen LogP contribution is 2.23. The Labute approximate surface area is 161 Å². The molecular weight excluding hydrogens is 418 g/mol. The third-order valence-electron chi connectivity index (χ3n) is 3.79. The summed E-state index contributed by atoms with van der Waals surface area (Å²) in [6.07, 6.45) is 0. The maximum Gasteiger partial charge on any atom is 0.243 e. The minimum Gasteiger partial charge on any atom is -0.338 e. The maximum atomic E-state index is 13.0. The number of halogens is 1. The standard InChI is InChI=1S/C18H18BrN3O3S/c1-13(2)22(26(23,24)16-10-8-15(19)9-11-16)12-17-20-18(21-25-17)14-6-4-3-5-7-14/h3-11,13H,12H2,1-2H3. The predicted octanol–water partition coefficient (Wildman–Crippen LogP) is 4.10. The van der Waals surface area contributed by atoms with Gasteiger partial charge in [-0.3, -0.25) is 0 Å². The van der Waals surface area contributed by atoms with E-state index >= 15 is 0 Å². The second kappa shape index (κ2) is 7.69. The van der Waals surface area contributed by atoms with Gasteiger partial charge in [0.05, 0.1) is 11.4 Å². The zero-order valence-electron chi connectivity index (χ0n) is 14.3. The number of hydrogen-bond acceptors (Lipinski definition) is 5. The fraction of sp³-hybridized carbons (Fsp3) is 0.222. The van der Waals surface area contributed by atoms with Crippen LogP contribution in [0.1, 0.15) is 19.7 Å². The molecule has 6 nitrogen and oxygen atoms in total. The summed E-state index contributed by atoms with van der Waals surface area (Å²) >= 11 is 3.32. The molecule has 0 saturated carbocycles. The van der Waals surface area contributed by atoms with Crippen molar-refractivity contribution in [3.05, 3.63) is 65.0 Å². The van der Waals surface area contributed by atoms with E-state index in [4.69, 9.17) is 4.52 Å². The lowest BCUT2D eigenvalue weighted by Gasteiger charge is -2.24. The normalized spacial score (nSPS) is 12.0. The molecule has 1 aromatic heterocycles. The van der Waals surface area contributed by atoms with Crippen molar-refractivity contribution in [2.75, 3.05) is 0 Å². The van der Waals surface area contributed by atoms with E-state index in [0.717, 1.165) is 10.0 Å². The van der Waals surface area contributed by atoms with Gasteiger partial charge < -0.3 is 4.52 Å². The Bertz CT molecular complexity index is 970. The summed E-state index contributed by atoms with van der Waals surface area (Å²) in [4.78, 5) is 4.55. The van der Waals surface area contributed by atoms with Gasteiger partial charge in [-0.05, 0) is 38.1 Å². The minimum absolute atomic E-state index is 0.00982. The Morgan fingerprint density at radius 1 is 1.08 bits per heavy atom. The summed E-state index contributed by atoms with van der Waals surface area (Å²) in [5.74, 6) is 0.684. The van der Waals surface area contributed by atoms with Crippen molar-refractivity contribution in [3.63, 3.8) is 0 Å². The van der Waals surface area contributed by atoms with Crippen LogP contribution in [-0.2, 0) is 16.6 Å². The number of sulfonamides is 1. The third kappa shape index (κ3) is 4.03. The van der Waals surface area contributed by atoms with Gasteiger partial charge in [0, 0.05) is 16.1 Å². The van der Waals surface area contributed by atoms with Crippen LogP contribution < -0.4 is 0 Å². The molecule has 0 bridgehead atoms. The van der Waals surface area contributed by atoms with E-state index in [1.54, 1.807) is 24.3 Å². The van der Waals surface area contributed by atoms with E-state index in [2.05, 4.69) is 26.1 Å². The number of rotatable bonds is 6. The molecule has 0 saturated heterocycles. The van der Waals surface area contributed by atoms with Gasteiger partial charge in [-0.1, -0.05) is 51.4 Å². The van der Waals surface area contributed by atoms with Gasteiger partial charge in [0.15, 0.2) is 0 Å².